The highest BCUT2D eigenvalue weighted by Crippen LogP contribution is 2.24. The normalized spacial score (nSPS) is 18.7. The number of hydrogen-bond donors (Lipinski definition) is 2. The lowest BCUT2D eigenvalue weighted by atomic mass is 9.95. The summed E-state index contributed by atoms with van der Waals surface area (Å²) in [6.45, 7) is 11.0. The summed E-state index contributed by atoms with van der Waals surface area (Å²) in [5, 5.41) is 7.18. The Kier molecular flexibility index (Phi) is 11.5. The van der Waals surface area contributed by atoms with Crippen molar-refractivity contribution in [1.82, 2.24) is 25.3 Å². The fourth-order valence-electron chi connectivity index (χ4n) is 6.49. The van der Waals surface area contributed by atoms with Crippen LogP contribution in [-0.2, 0) is 29.0 Å². The van der Waals surface area contributed by atoms with Gasteiger partial charge in [0.1, 0.15) is 6.04 Å². The Bertz CT molecular complexity index is 1360. The minimum atomic E-state index is -0.658. The van der Waals surface area contributed by atoms with Crippen LogP contribution in [0.5, 0.6) is 0 Å². The number of hydrogen-bond acceptors (Lipinski definition) is 5. The quantitative estimate of drug-likeness (QED) is 0.327. The third-order valence-electron chi connectivity index (χ3n) is 9.16. The second-order valence-electron chi connectivity index (χ2n) is 11.9. The van der Waals surface area contributed by atoms with E-state index in [0.717, 1.165) is 44.7 Å². The molecule has 0 aromatic heterocycles. The molecule has 1 saturated heterocycles. The molecule has 2 aliphatic rings. The molecule has 0 saturated carbocycles. The standard InChI is InChI=1S/C36H46ClN5O2/c1-3-40(4-2)26-34(28-11-6-5-7-12-28)41-19-10-20-42(22-21-41)36(44)33(23-27-15-17-31(37)18-16-27)39-35(43)32-24-29-13-8-9-14-30(29)25-38-32/h5-9,11-18,32-34,38H,3-4,10,19-26H2,1-2H3,(H,39,43). The number of nitrogens with one attached hydrogen (secondary N) is 2. The molecular formula is C36H46ClN5O2. The molecule has 0 aliphatic carbocycles. The fraction of sp³-hybridized carbons (Fsp3) is 0.444. The van der Waals surface area contributed by atoms with Gasteiger partial charge in [-0.15, -0.1) is 0 Å². The molecule has 7 nitrogen and oxygen atoms in total. The number of fused-ring (bicyclic) bond motifs is 1. The Morgan fingerprint density at radius 1 is 0.909 bits per heavy atom. The van der Waals surface area contributed by atoms with Crippen molar-refractivity contribution in [3.05, 3.63) is 106 Å². The molecule has 234 valence electrons. The van der Waals surface area contributed by atoms with Crippen LogP contribution in [0.15, 0.2) is 78.9 Å². The maximum absolute atomic E-state index is 14.2. The first-order valence-electron chi connectivity index (χ1n) is 16.1. The SMILES string of the molecule is CCN(CC)CC(c1ccccc1)N1CCCN(C(=O)C(Cc2ccc(Cl)cc2)NC(=O)C2Cc3ccccc3CN2)CC1. The van der Waals surface area contributed by atoms with E-state index in [9.17, 15) is 9.59 Å². The van der Waals surface area contributed by atoms with Crippen LogP contribution in [0, 0.1) is 0 Å². The molecule has 0 spiro atoms. The predicted octanol–water partition coefficient (Wildman–Crippen LogP) is 4.70. The molecule has 3 aromatic carbocycles. The van der Waals surface area contributed by atoms with Crippen LogP contribution in [0.4, 0.5) is 0 Å². The summed E-state index contributed by atoms with van der Waals surface area (Å²) in [4.78, 5) is 34.8. The highest BCUT2D eigenvalue weighted by Gasteiger charge is 2.32. The summed E-state index contributed by atoms with van der Waals surface area (Å²) < 4.78 is 0. The highest BCUT2D eigenvalue weighted by molar-refractivity contribution is 6.30. The third-order valence-corrected chi connectivity index (χ3v) is 9.41. The largest absolute Gasteiger partial charge is 0.343 e. The van der Waals surface area contributed by atoms with Gasteiger partial charge in [-0.1, -0.05) is 92.2 Å². The number of benzene rings is 3. The minimum absolute atomic E-state index is 0.0219. The molecule has 0 bridgehead atoms. The lowest BCUT2D eigenvalue weighted by molar-refractivity contribution is -0.136. The summed E-state index contributed by atoms with van der Waals surface area (Å²) >= 11 is 6.15. The van der Waals surface area contributed by atoms with Gasteiger partial charge in [0.05, 0.1) is 6.04 Å². The van der Waals surface area contributed by atoms with Gasteiger partial charge in [0.25, 0.3) is 0 Å². The molecule has 5 rings (SSSR count). The Morgan fingerprint density at radius 3 is 2.34 bits per heavy atom. The van der Waals surface area contributed by atoms with Crippen LogP contribution in [0.3, 0.4) is 0 Å². The van der Waals surface area contributed by atoms with Crippen LogP contribution in [-0.4, -0.2) is 84.4 Å². The molecule has 8 heteroatoms. The van der Waals surface area contributed by atoms with E-state index in [1.165, 1.54) is 16.7 Å². The molecule has 1 fully saturated rings. The van der Waals surface area contributed by atoms with Gasteiger partial charge < -0.3 is 20.4 Å². The Hall–Kier alpha value is -3.23. The van der Waals surface area contributed by atoms with E-state index in [0.29, 0.717) is 37.5 Å². The third kappa shape index (κ3) is 8.27. The first-order valence-corrected chi connectivity index (χ1v) is 16.5. The molecule has 2 aliphatic heterocycles. The monoisotopic (exact) mass is 615 g/mol. The van der Waals surface area contributed by atoms with E-state index in [1.807, 2.05) is 41.3 Å². The van der Waals surface area contributed by atoms with Gasteiger partial charge in [0.15, 0.2) is 0 Å². The van der Waals surface area contributed by atoms with Crippen LogP contribution in [0.1, 0.15) is 48.6 Å². The van der Waals surface area contributed by atoms with Gasteiger partial charge in [-0.3, -0.25) is 14.5 Å². The van der Waals surface area contributed by atoms with Crippen molar-refractivity contribution in [3.63, 3.8) is 0 Å². The Balaban J connectivity index is 1.30. The number of amides is 2. The van der Waals surface area contributed by atoms with Gasteiger partial charge >= 0.3 is 0 Å². The number of likely N-dealkylation sites (N-methyl/N-ethyl adjacent to an activating group) is 1. The number of halogens is 1. The van der Waals surface area contributed by atoms with Gasteiger partial charge in [-0.05, 0) is 60.3 Å². The summed E-state index contributed by atoms with van der Waals surface area (Å²) in [5.41, 5.74) is 4.68. The summed E-state index contributed by atoms with van der Waals surface area (Å²) in [7, 11) is 0. The average Bonchev–Trinajstić information content (AvgIpc) is 3.32. The van der Waals surface area contributed by atoms with Gasteiger partial charge in [-0.2, -0.15) is 0 Å². The summed E-state index contributed by atoms with van der Waals surface area (Å²) in [6, 6.07) is 25.7. The van der Waals surface area contributed by atoms with Crippen molar-refractivity contribution in [2.24, 2.45) is 0 Å². The fourth-order valence-corrected chi connectivity index (χ4v) is 6.62. The zero-order valence-electron chi connectivity index (χ0n) is 26.1. The van der Waals surface area contributed by atoms with Crippen LogP contribution in [0.25, 0.3) is 0 Å². The first-order chi connectivity index (χ1) is 21.4. The Morgan fingerprint density at radius 2 is 1.61 bits per heavy atom. The molecule has 2 N–H and O–H groups in total. The second-order valence-corrected chi connectivity index (χ2v) is 12.4. The van der Waals surface area contributed by atoms with E-state index in [2.05, 4.69) is 76.7 Å². The van der Waals surface area contributed by atoms with Crippen molar-refractivity contribution in [1.29, 1.82) is 0 Å². The van der Waals surface area contributed by atoms with Gasteiger partial charge in [-0.25, -0.2) is 0 Å². The van der Waals surface area contributed by atoms with E-state index in [-0.39, 0.29) is 23.9 Å². The molecule has 3 aromatic rings. The van der Waals surface area contributed by atoms with Crippen LogP contribution < -0.4 is 10.6 Å². The maximum atomic E-state index is 14.2. The van der Waals surface area contributed by atoms with Crippen molar-refractivity contribution >= 4 is 23.4 Å². The van der Waals surface area contributed by atoms with E-state index < -0.39 is 6.04 Å². The molecule has 3 atom stereocenters. The zero-order valence-corrected chi connectivity index (χ0v) is 26.8. The van der Waals surface area contributed by atoms with E-state index in [1.54, 1.807) is 0 Å². The van der Waals surface area contributed by atoms with Crippen molar-refractivity contribution in [2.45, 2.75) is 57.8 Å². The maximum Gasteiger partial charge on any atom is 0.245 e. The molecule has 0 radical (unpaired) electrons. The highest BCUT2D eigenvalue weighted by atomic mass is 35.5. The zero-order chi connectivity index (χ0) is 30.9. The smallest absolute Gasteiger partial charge is 0.245 e. The summed E-state index contributed by atoms with van der Waals surface area (Å²) in [6.07, 6.45) is 1.91. The van der Waals surface area contributed by atoms with Crippen molar-refractivity contribution < 1.29 is 9.59 Å². The number of carbonyl (C=O) groups is 2. The predicted molar refractivity (Wildman–Crippen MR) is 178 cm³/mol. The lowest BCUT2D eigenvalue weighted by Crippen LogP contribution is -2.56. The molecular weight excluding hydrogens is 570 g/mol. The summed E-state index contributed by atoms with van der Waals surface area (Å²) in [5.74, 6) is -0.155. The van der Waals surface area contributed by atoms with Crippen molar-refractivity contribution in [2.75, 3.05) is 45.8 Å². The number of rotatable bonds is 11. The topological polar surface area (TPSA) is 67.9 Å². The molecule has 3 unspecified atom stereocenters. The average molecular weight is 616 g/mol. The first kappa shape index (κ1) is 32.2. The lowest BCUT2D eigenvalue weighted by Gasteiger charge is -2.35. The van der Waals surface area contributed by atoms with E-state index >= 15 is 0 Å². The van der Waals surface area contributed by atoms with Crippen molar-refractivity contribution in [3.8, 4) is 0 Å². The van der Waals surface area contributed by atoms with Crippen LogP contribution in [0.2, 0.25) is 5.02 Å². The number of carbonyl (C=O) groups excluding carboxylic acids is 2. The molecule has 44 heavy (non-hydrogen) atoms. The Labute approximate surface area is 267 Å². The second kappa shape index (κ2) is 15.7. The number of nitrogens with zero attached hydrogens (tertiary/aromatic N) is 3. The van der Waals surface area contributed by atoms with E-state index in [4.69, 9.17) is 11.6 Å². The molecule has 2 heterocycles. The van der Waals surface area contributed by atoms with Gasteiger partial charge in [0, 0.05) is 56.8 Å². The van der Waals surface area contributed by atoms with Gasteiger partial charge in [0.2, 0.25) is 11.8 Å². The van der Waals surface area contributed by atoms with Crippen LogP contribution >= 0.6 is 11.6 Å². The molecule has 2 amide bonds. The minimum Gasteiger partial charge on any atom is -0.343 e.